The van der Waals surface area contributed by atoms with Gasteiger partial charge in [0.2, 0.25) is 5.89 Å². The van der Waals surface area contributed by atoms with Gasteiger partial charge in [-0.05, 0) is 31.6 Å². The first-order chi connectivity index (χ1) is 8.43. The van der Waals surface area contributed by atoms with Crippen LogP contribution in [0.3, 0.4) is 0 Å². The zero-order valence-electron chi connectivity index (χ0n) is 10.0. The molecule has 0 radical (unpaired) electrons. The third-order valence-electron chi connectivity index (χ3n) is 3.61. The Labute approximate surface area is 106 Å². The minimum atomic E-state index is 0.309. The highest BCUT2D eigenvalue weighted by molar-refractivity contribution is 7.99. The van der Waals surface area contributed by atoms with E-state index in [1.54, 1.807) is 0 Å². The third-order valence-corrected chi connectivity index (χ3v) is 4.77. The van der Waals surface area contributed by atoms with Crippen molar-refractivity contribution in [2.24, 2.45) is 0 Å². The van der Waals surface area contributed by atoms with Crippen LogP contribution in [-0.4, -0.2) is 28.2 Å². The zero-order chi connectivity index (χ0) is 11.5. The van der Waals surface area contributed by atoms with Crippen LogP contribution in [0.1, 0.15) is 55.8 Å². The maximum atomic E-state index is 5.43. The largest absolute Gasteiger partial charge is 0.339 e. The fourth-order valence-corrected chi connectivity index (χ4v) is 3.74. The predicted molar refractivity (Wildman–Crippen MR) is 68.2 cm³/mol. The molecule has 1 aromatic heterocycles. The fourth-order valence-electron chi connectivity index (χ4n) is 2.53. The van der Waals surface area contributed by atoms with Crippen LogP contribution in [0.25, 0.3) is 0 Å². The molecule has 3 rings (SSSR count). The molecule has 17 heavy (non-hydrogen) atoms. The van der Waals surface area contributed by atoms with Crippen molar-refractivity contribution in [1.29, 1.82) is 0 Å². The monoisotopic (exact) mass is 253 g/mol. The lowest BCUT2D eigenvalue weighted by Crippen LogP contribution is -2.21. The molecule has 5 heteroatoms. The molecule has 0 saturated carbocycles. The second kappa shape index (κ2) is 5.40. The van der Waals surface area contributed by atoms with Crippen molar-refractivity contribution in [2.75, 3.05) is 18.1 Å². The molecule has 0 aromatic carbocycles. The van der Waals surface area contributed by atoms with Crippen molar-refractivity contribution >= 4 is 11.8 Å². The normalized spacial score (nSPS) is 30.4. The Morgan fingerprint density at radius 1 is 1.24 bits per heavy atom. The van der Waals surface area contributed by atoms with E-state index in [4.69, 9.17) is 4.52 Å². The average molecular weight is 253 g/mol. The van der Waals surface area contributed by atoms with Crippen LogP contribution in [0.5, 0.6) is 0 Å². The molecule has 0 bridgehead atoms. The molecule has 0 amide bonds. The van der Waals surface area contributed by atoms with Crippen molar-refractivity contribution in [3.63, 3.8) is 0 Å². The molecule has 94 valence electrons. The summed E-state index contributed by atoms with van der Waals surface area (Å²) in [6, 6.07) is 0.309. The summed E-state index contributed by atoms with van der Waals surface area (Å²) in [5, 5.41) is 7.68. The Kier molecular flexibility index (Phi) is 3.66. The molecule has 2 fully saturated rings. The molecule has 2 saturated heterocycles. The highest BCUT2D eigenvalue weighted by atomic mass is 32.2. The van der Waals surface area contributed by atoms with Gasteiger partial charge < -0.3 is 9.84 Å². The molecular formula is C12H19N3OS. The summed E-state index contributed by atoms with van der Waals surface area (Å²) in [5.41, 5.74) is 0. The van der Waals surface area contributed by atoms with E-state index in [2.05, 4.69) is 15.5 Å². The van der Waals surface area contributed by atoms with Crippen LogP contribution >= 0.6 is 11.8 Å². The third kappa shape index (κ3) is 2.65. The van der Waals surface area contributed by atoms with E-state index in [1.165, 1.54) is 31.4 Å². The number of hydrogen-bond donors (Lipinski definition) is 1. The van der Waals surface area contributed by atoms with Crippen molar-refractivity contribution in [3.05, 3.63) is 11.7 Å². The van der Waals surface area contributed by atoms with Crippen LogP contribution in [0.2, 0.25) is 0 Å². The molecular weight excluding hydrogens is 234 g/mol. The van der Waals surface area contributed by atoms with Gasteiger partial charge in [-0.2, -0.15) is 16.7 Å². The molecule has 1 aromatic rings. The molecule has 0 aliphatic carbocycles. The van der Waals surface area contributed by atoms with E-state index in [1.807, 2.05) is 11.8 Å². The van der Waals surface area contributed by atoms with Crippen LogP contribution in [0.15, 0.2) is 4.52 Å². The number of thioether (sulfide) groups is 1. The van der Waals surface area contributed by atoms with E-state index >= 15 is 0 Å². The van der Waals surface area contributed by atoms with Gasteiger partial charge in [-0.25, -0.2) is 0 Å². The van der Waals surface area contributed by atoms with Crippen LogP contribution in [0.4, 0.5) is 0 Å². The number of rotatable bonds is 2. The lowest BCUT2D eigenvalue weighted by molar-refractivity contribution is 0.349. The highest BCUT2D eigenvalue weighted by Gasteiger charge is 2.26. The predicted octanol–water partition coefficient (Wildman–Crippen LogP) is 2.49. The Morgan fingerprint density at radius 2 is 2.24 bits per heavy atom. The van der Waals surface area contributed by atoms with Crippen LogP contribution < -0.4 is 5.32 Å². The number of aromatic nitrogens is 2. The van der Waals surface area contributed by atoms with Crippen molar-refractivity contribution in [2.45, 2.75) is 44.1 Å². The summed E-state index contributed by atoms with van der Waals surface area (Å²) in [7, 11) is 0. The fraction of sp³-hybridized carbons (Fsp3) is 0.833. The first-order valence-electron chi connectivity index (χ1n) is 6.58. The van der Waals surface area contributed by atoms with Gasteiger partial charge >= 0.3 is 0 Å². The Balaban J connectivity index is 1.70. The summed E-state index contributed by atoms with van der Waals surface area (Å²) in [4.78, 5) is 4.60. The van der Waals surface area contributed by atoms with Crippen LogP contribution in [0, 0.1) is 0 Å². The standard InChI is InChI=1S/C12H19N3OS/c1-2-4-10(13-6-3-1)11-14-12(16-15-11)9-5-7-17-8-9/h9-10,13H,1-8H2. The minimum Gasteiger partial charge on any atom is -0.339 e. The van der Waals surface area contributed by atoms with Gasteiger partial charge in [0.1, 0.15) is 0 Å². The van der Waals surface area contributed by atoms with Gasteiger partial charge in [-0.3, -0.25) is 0 Å². The summed E-state index contributed by atoms with van der Waals surface area (Å²) in [6.07, 6.45) is 6.16. The lowest BCUT2D eigenvalue weighted by atomic mass is 10.1. The Bertz CT molecular complexity index is 354. The van der Waals surface area contributed by atoms with E-state index in [-0.39, 0.29) is 0 Å². The molecule has 4 nitrogen and oxygen atoms in total. The Hall–Kier alpha value is -0.550. The van der Waals surface area contributed by atoms with Crippen molar-refractivity contribution < 1.29 is 4.52 Å². The van der Waals surface area contributed by atoms with Crippen LogP contribution in [-0.2, 0) is 0 Å². The summed E-state index contributed by atoms with van der Waals surface area (Å²) in [5.74, 6) is 4.59. The van der Waals surface area contributed by atoms with E-state index in [9.17, 15) is 0 Å². The number of nitrogens with zero attached hydrogens (tertiary/aromatic N) is 2. The molecule has 2 aliphatic heterocycles. The smallest absolute Gasteiger partial charge is 0.230 e. The summed E-state index contributed by atoms with van der Waals surface area (Å²) < 4.78 is 5.43. The SMILES string of the molecule is C1CCNC(c2noc(C3CCSC3)n2)CC1. The van der Waals surface area contributed by atoms with Gasteiger partial charge in [0, 0.05) is 11.7 Å². The topological polar surface area (TPSA) is 51.0 Å². The maximum absolute atomic E-state index is 5.43. The van der Waals surface area contributed by atoms with Gasteiger partial charge in [-0.1, -0.05) is 18.0 Å². The Morgan fingerprint density at radius 3 is 3.12 bits per heavy atom. The molecule has 0 spiro atoms. The molecule has 3 heterocycles. The minimum absolute atomic E-state index is 0.309. The molecule has 2 atom stereocenters. The van der Waals surface area contributed by atoms with Gasteiger partial charge in [0.25, 0.3) is 0 Å². The van der Waals surface area contributed by atoms with Gasteiger partial charge in [-0.15, -0.1) is 0 Å². The summed E-state index contributed by atoms with van der Waals surface area (Å²) in [6.45, 7) is 1.08. The average Bonchev–Trinajstić information content (AvgIpc) is 2.95. The highest BCUT2D eigenvalue weighted by Crippen LogP contribution is 2.32. The molecule has 2 unspecified atom stereocenters. The summed E-state index contributed by atoms with van der Waals surface area (Å²) >= 11 is 1.98. The second-order valence-corrected chi connectivity index (χ2v) is 6.06. The van der Waals surface area contributed by atoms with E-state index < -0.39 is 0 Å². The van der Waals surface area contributed by atoms with Gasteiger partial charge in [0.05, 0.1) is 6.04 Å². The molecule has 2 aliphatic rings. The number of nitrogens with one attached hydrogen (secondary N) is 1. The zero-order valence-corrected chi connectivity index (χ0v) is 10.8. The van der Waals surface area contributed by atoms with Crippen molar-refractivity contribution in [3.8, 4) is 0 Å². The lowest BCUT2D eigenvalue weighted by Gasteiger charge is -2.10. The first-order valence-corrected chi connectivity index (χ1v) is 7.73. The van der Waals surface area contributed by atoms with Crippen molar-refractivity contribution in [1.82, 2.24) is 15.5 Å². The maximum Gasteiger partial charge on any atom is 0.230 e. The second-order valence-electron chi connectivity index (χ2n) is 4.91. The van der Waals surface area contributed by atoms with E-state index in [0.29, 0.717) is 12.0 Å². The number of hydrogen-bond acceptors (Lipinski definition) is 5. The van der Waals surface area contributed by atoms with E-state index in [0.717, 1.165) is 30.4 Å². The van der Waals surface area contributed by atoms with Gasteiger partial charge in [0.15, 0.2) is 5.82 Å². The quantitative estimate of drug-likeness (QED) is 0.877. The molecule has 1 N–H and O–H groups in total. The first kappa shape index (κ1) is 11.5.